The number of aliphatic imine (C=N–C) groups is 1. The standard InChI is InChI=1S/C19H16N2/c1-15(18-8-5-13-20-14-18)21-19-11-9-17(10-12-19)16-6-3-2-4-7-16/h2-14H,1H3. The summed E-state index contributed by atoms with van der Waals surface area (Å²) in [5, 5.41) is 0. The fraction of sp³-hybridized carbons (Fsp3) is 0.0526. The van der Waals surface area contributed by atoms with E-state index in [1.165, 1.54) is 11.1 Å². The molecular formula is C19H16N2. The van der Waals surface area contributed by atoms with Crippen molar-refractivity contribution in [3.8, 4) is 11.1 Å². The molecule has 3 rings (SSSR count). The molecule has 0 N–H and O–H groups in total. The second-order valence-corrected chi connectivity index (χ2v) is 4.85. The minimum absolute atomic E-state index is 0.955. The van der Waals surface area contributed by atoms with Crippen LogP contribution >= 0.6 is 0 Å². The van der Waals surface area contributed by atoms with Crippen LogP contribution in [0.15, 0.2) is 84.1 Å². The van der Waals surface area contributed by atoms with Crippen molar-refractivity contribution in [3.63, 3.8) is 0 Å². The first-order valence-electron chi connectivity index (χ1n) is 6.94. The molecular weight excluding hydrogens is 256 g/mol. The Morgan fingerprint density at radius 1 is 0.810 bits per heavy atom. The van der Waals surface area contributed by atoms with Crippen molar-refractivity contribution in [2.24, 2.45) is 4.99 Å². The van der Waals surface area contributed by atoms with Crippen LogP contribution in [-0.4, -0.2) is 10.7 Å². The highest BCUT2D eigenvalue weighted by Crippen LogP contribution is 2.22. The molecule has 0 amide bonds. The molecule has 2 heteroatoms. The largest absolute Gasteiger partial charge is 0.264 e. The molecule has 0 saturated carbocycles. The van der Waals surface area contributed by atoms with Gasteiger partial charge in [0.05, 0.1) is 5.69 Å². The van der Waals surface area contributed by atoms with Gasteiger partial charge in [-0.2, -0.15) is 0 Å². The van der Waals surface area contributed by atoms with E-state index >= 15 is 0 Å². The predicted octanol–water partition coefficient (Wildman–Crippen LogP) is 4.89. The maximum Gasteiger partial charge on any atom is 0.0633 e. The van der Waals surface area contributed by atoms with E-state index in [0.29, 0.717) is 0 Å². The van der Waals surface area contributed by atoms with Gasteiger partial charge in [0.1, 0.15) is 0 Å². The zero-order valence-corrected chi connectivity index (χ0v) is 11.9. The molecule has 0 fully saturated rings. The Morgan fingerprint density at radius 2 is 1.52 bits per heavy atom. The Labute approximate surface area is 124 Å². The first kappa shape index (κ1) is 13.3. The van der Waals surface area contributed by atoms with Gasteiger partial charge in [-0.1, -0.05) is 48.5 Å². The molecule has 0 aliphatic rings. The van der Waals surface area contributed by atoms with Gasteiger partial charge in [0, 0.05) is 23.7 Å². The van der Waals surface area contributed by atoms with Crippen LogP contribution in [0.5, 0.6) is 0 Å². The fourth-order valence-electron chi connectivity index (χ4n) is 2.19. The van der Waals surface area contributed by atoms with Gasteiger partial charge >= 0.3 is 0 Å². The Bertz CT molecular complexity index is 730. The summed E-state index contributed by atoms with van der Waals surface area (Å²) in [5.41, 5.74) is 5.39. The average molecular weight is 272 g/mol. The molecule has 0 atom stereocenters. The summed E-state index contributed by atoms with van der Waals surface area (Å²) in [5.74, 6) is 0. The monoisotopic (exact) mass is 272 g/mol. The number of benzene rings is 2. The minimum Gasteiger partial charge on any atom is -0.264 e. The summed E-state index contributed by atoms with van der Waals surface area (Å²) in [6.07, 6.45) is 3.60. The number of nitrogens with zero attached hydrogens (tertiary/aromatic N) is 2. The lowest BCUT2D eigenvalue weighted by Crippen LogP contribution is -1.93. The van der Waals surface area contributed by atoms with E-state index in [1.54, 1.807) is 6.20 Å². The number of pyridine rings is 1. The Hall–Kier alpha value is -2.74. The van der Waals surface area contributed by atoms with Crippen LogP contribution in [0.4, 0.5) is 5.69 Å². The van der Waals surface area contributed by atoms with Crippen LogP contribution in [0.25, 0.3) is 11.1 Å². The topological polar surface area (TPSA) is 25.2 Å². The molecule has 21 heavy (non-hydrogen) atoms. The second kappa shape index (κ2) is 6.14. The van der Waals surface area contributed by atoms with E-state index < -0.39 is 0 Å². The number of rotatable bonds is 3. The number of hydrogen-bond donors (Lipinski definition) is 0. The molecule has 0 aliphatic heterocycles. The highest BCUT2D eigenvalue weighted by molar-refractivity contribution is 5.99. The Kier molecular flexibility index (Phi) is 3.88. The van der Waals surface area contributed by atoms with Crippen LogP contribution in [0, 0.1) is 0 Å². The summed E-state index contributed by atoms with van der Waals surface area (Å²) >= 11 is 0. The van der Waals surface area contributed by atoms with Crippen LogP contribution in [-0.2, 0) is 0 Å². The van der Waals surface area contributed by atoms with Gasteiger partial charge in [0.2, 0.25) is 0 Å². The predicted molar refractivity (Wildman–Crippen MR) is 88.0 cm³/mol. The summed E-state index contributed by atoms with van der Waals surface area (Å²) in [6.45, 7) is 2.00. The SMILES string of the molecule is CC(=Nc1ccc(-c2ccccc2)cc1)c1cccnc1. The zero-order chi connectivity index (χ0) is 14.5. The summed E-state index contributed by atoms with van der Waals surface area (Å²) < 4.78 is 0. The minimum atomic E-state index is 0.955. The Balaban J connectivity index is 1.85. The van der Waals surface area contributed by atoms with Crippen LogP contribution < -0.4 is 0 Å². The zero-order valence-electron chi connectivity index (χ0n) is 11.9. The van der Waals surface area contributed by atoms with Gasteiger partial charge < -0.3 is 0 Å². The number of hydrogen-bond acceptors (Lipinski definition) is 2. The second-order valence-electron chi connectivity index (χ2n) is 4.85. The maximum atomic E-state index is 4.64. The van der Waals surface area contributed by atoms with Gasteiger partial charge in [-0.05, 0) is 36.2 Å². The van der Waals surface area contributed by atoms with Gasteiger partial charge in [-0.3, -0.25) is 9.98 Å². The summed E-state index contributed by atoms with van der Waals surface area (Å²) in [4.78, 5) is 8.76. The van der Waals surface area contributed by atoms with E-state index in [9.17, 15) is 0 Å². The lowest BCUT2D eigenvalue weighted by Gasteiger charge is -2.03. The molecule has 102 valence electrons. The molecule has 3 aromatic rings. The first-order valence-corrected chi connectivity index (χ1v) is 6.94. The quantitative estimate of drug-likeness (QED) is 0.623. The van der Waals surface area contributed by atoms with Crippen molar-refractivity contribution in [3.05, 3.63) is 84.7 Å². The normalized spacial score (nSPS) is 11.4. The smallest absolute Gasteiger partial charge is 0.0633 e. The third-order valence-electron chi connectivity index (χ3n) is 3.35. The molecule has 0 saturated heterocycles. The van der Waals surface area contributed by atoms with E-state index in [1.807, 2.05) is 55.6 Å². The summed E-state index contributed by atoms with van der Waals surface area (Å²) in [7, 11) is 0. The van der Waals surface area contributed by atoms with Crippen molar-refractivity contribution in [2.75, 3.05) is 0 Å². The molecule has 1 heterocycles. The molecule has 2 aromatic carbocycles. The van der Waals surface area contributed by atoms with Crippen molar-refractivity contribution >= 4 is 11.4 Å². The molecule has 0 radical (unpaired) electrons. The van der Waals surface area contributed by atoms with E-state index in [-0.39, 0.29) is 0 Å². The lowest BCUT2D eigenvalue weighted by molar-refractivity contribution is 1.31. The fourth-order valence-corrected chi connectivity index (χ4v) is 2.19. The van der Waals surface area contributed by atoms with Gasteiger partial charge in [0.25, 0.3) is 0 Å². The molecule has 0 spiro atoms. The van der Waals surface area contributed by atoms with Crippen LogP contribution in [0.1, 0.15) is 12.5 Å². The van der Waals surface area contributed by atoms with E-state index in [2.05, 4.69) is 34.2 Å². The van der Waals surface area contributed by atoms with Crippen molar-refractivity contribution < 1.29 is 0 Å². The molecule has 2 nitrogen and oxygen atoms in total. The van der Waals surface area contributed by atoms with Crippen molar-refractivity contribution in [1.29, 1.82) is 0 Å². The number of aromatic nitrogens is 1. The highest BCUT2D eigenvalue weighted by atomic mass is 14.7. The van der Waals surface area contributed by atoms with Gasteiger partial charge in [0.15, 0.2) is 0 Å². The highest BCUT2D eigenvalue weighted by Gasteiger charge is 1.99. The van der Waals surface area contributed by atoms with Gasteiger partial charge in [-0.25, -0.2) is 0 Å². The van der Waals surface area contributed by atoms with E-state index in [0.717, 1.165) is 17.0 Å². The third-order valence-corrected chi connectivity index (χ3v) is 3.35. The third kappa shape index (κ3) is 3.23. The lowest BCUT2D eigenvalue weighted by atomic mass is 10.1. The van der Waals surface area contributed by atoms with Crippen LogP contribution in [0.2, 0.25) is 0 Å². The molecule has 0 bridgehead atoms. The van der Waals surface area contributed by atoms with E-state index in [4.69, 9.17) is 0 Å². The Morgan fingerprint density at radius 3 is 2.19 bits per heavy atom. The average Bonchev–Trinajstić information content (AvgIpc) is 2.57. The van der Waals surface area contributed by atoms with Gasteiger partial charge in [-0.15, -0.1) is 0 Å². The summed E-state index contributed by atoms with van der Waals surface area (Å²) in [6, 6.07) is 22.6. The molecule has 1 aromatic heterocycles. The molecule has 0 aliphatic carbocycles. The van der Waals surface area contributed by atoms with Crippen molar-refractivity contribution in [1.82, 2.24) is 4.98 Å². The molecule has 0 unspecified atom stereocenters. The van der Waals surface area contributed by atoms with Crippen LogP contribution in [0.3, 0.4) is 0 Å². The van der Waals surface area contributed by atoms with Crippen molar-refractivity contribution in [2.45, 2.75) is 6.92 Å². The first-order chi connectivity index (χ1) is 10.3. The maximum absolute atomic E-state index is 4.64.